The van der Waals surface area contributed by atoms with Crippen LogP contribution in [0, 0.1) is 11.8 Å². The van der Waals surface area contributed by atoms with Crippen molar-refractivity contribution < 1.29 is 42.7 Å². The molecule has 1 saturated heterocycles. The average molecular weight is 520 g/mol. The molecule has 1 fully saturated rings. The van der Waals surface area contributed by atoms with Crippen LogP contribution in [-0.4, -0.2) is 51.7 Å². The molecule has 0 unspecified atom stereocenters. The fourth-order valence-corrected chi connectivity index (χ4v) is 5.60. The van der Waals surface area contributed by atoms with Gasteiger partial charge in [0.15, 0.2) is 23.0 Å². The van der Waals surface area contributed by atoms with E-state index in [1.54, 1.807) is 12.1 Å². The molecule has 0 amide bonds. The highest BCUT2D eigenvalue weighted by atomic mass is 16.7. The molecule has 1 aliphatic carbocycles. The highest BCUT2D eigenvalue weighted by Gasteiger charge is 2.49. The summed E-state index contributed by atoms with van der Waals surface area (Å²) in [7, 11) is 4.61. The highest BCUT2D eigenvalue weighted by molar-refractivity contribution is 5.92. The molecule has 0 N–H and O–H groups in total. The summed E-state index contributed by atoms with van der Waals surface area (Å²) in [6.07, 6.45) is 3.50. The number of ether oxygens (including phenoxy) is 7. The first-order valence-corrected chi connectivity index (χ1v) is 12.1. The van der Waals surface area contributed by atoms with E-state index < -0.39 is 17.8 Å². The summed E-state index contributed by atoms with van der Waals surface area (Å²) in [5.41, 5.74) is 2.65. The first-order valence-electron chi connectivity index (χ1n) is 12.1. The molecule has 10 heteroatoms. The number of pyridine rings is 1. The second-order valence-corrected chi connectivity index (χ2v) is 9.19. The zero-order valence-electron chi connectivity index (χ0n) is 21.0. The number of benzene rings is 2. The number of aromatic nitrogens is 1. The molecule has 0 saturated carbocycles. The van der Waals surface area contributed by atoms with Crippen molar-refractivity contribution in [1.29, 1.82) is 0 Å². The minimum absolute atomic E-state index is 0.0121. The minimum atomic E-state index is -0.552. The van der Waals surface area contributed by atoms with Gasteiger partial charge in [0.2, 0.25) is 18.3 Å². The number of esters is 2. The third-order valence-electron chi connectivity index (χ3n) is 7.29. The molecule has 3 aliphatic rings. The van der Waals surface area contributed by atoms with E-state index in [1.165, 1.54) is 33.7 Å². The maximum absolute atomic E-state index is 13.1. The zero-order chi connectivity index (χ0) is 26.4. The summed E-state index contributed by atoms with van der Waals surface area (Å²) >= 11 is 0. The van der Waals surface area contributed by atoms with Crippen LogP contribution in [0.4, 0.5) is 0 Å². The predicted molar refractivity (Wildman–Crippen MR) is 131 cm³/mol. The van der Waals surface area contributed by atoms with Gasteiger partial charge in [-0.05, 0) is 47.9 Å². The van der Waals surface area contributed by atoms with E-state index in [2.05, 4.69) is 4.98 Å². The standard InChI is InChI=1S/C28H25NO9/c1-32-19-9-15(10-20(33-2)25(19)34-3)22-17-11-21-26(37-13-36-21)24(38-27(30)14-4-6-29-7-5-14)18(17)8-16-12-35-28(31)23(16)22/h4-7,9-11,16,22-23H,8,12-13H2,1-3H3/t16-,22-,23-/m0/s1. The molecule has 0 spiro atoms. The summed E-state index contributed by atoms with van der Waals surface area (Å²) < 4.78 is 39.7. The number of methoxy groups -OCH3 is 3. The molecule has 2 aromatic carbocycles. The van der Waals surface area contributed by atoms with Crippen molar-refractivity contribution in [2.45, 2.75) is 12.3 Å². The van der Waals surface area contributed by atoms with Gasteiger partial charge in [0.25, 0.3) is 0 Å². The van der Waals surface area contributed by atoms with Crippen molar-refractivity contribution in [2.75, 3.05) is 34.7 Å². The van der Waals surface area contributed by atoms with Gasteiger partial charge in [0, 0.05) is 29.8 Å². The van der Waals surface area contributed by atoms with E-state index in [4.69, 9.17) is 33.2 Å². The lowest BCUT2D eigenvalue weighted by molar-refractivity contribution is -0.141. The largest absolute Gasteiger partial charge is 0.493 e. The van der Waals surface area contributed by atoms with Crippen LogP contribution in [0.2, 0.25) is 0 Å². The molecule has 2 aliphatic heterocycles. The SMILES string of the molecule is COc1cc([C@H]2c3cc4c(c(OC(=O)c5ccncc5)c3C[C@H]3COC(=O)[C@@H]32)OCO4)cc(OC)c1OC. The van der Waals surface area contributed by atoms with E-state index in [0.29, 0.717) is 40.7 Å². The Bertz CT molecular complexity index is 1400. The number of cyclic esters (lactones) is 1. The van der Waals surface area contributed by atoms with Crippen LogP contribution in [0.3, 0.4) is 0 Å². The Labute approximate surface area is 218 Å². The Morgan fingerprint density at radius 2 is 1.68 bits per heavy atom. The first kappa shape index (κ1) is 23.9. The van der Waals surface area contributed by atoms with Crippen molar-refractivity contribution in [3.05, 3.63) is 65.0 Å². The van der Waals surface area contributed by atoms with E-state index in [0.717, 1.165) is 16.7 Å². The summed E-state index contributed by atoms with van der Waals surface area (Å²) in [6.45, 7) is 0.248. The van der Waals surface area contributed by atoms with Gasteiger partial charge in [-0.25, -0.2) is 4.79 Å². The van der Waals surface area contributed by atoms with Crippen LogP contribution in [-0.2, 0) is 16.0 Å². The minimum Gasteiger partial charge on any atom is -0.493 e. The predicted octanol–water partition coefficient (Wildman–Crippen LogP) is 3.53. The van der Waals surface area contributed by atoms with Gasteiger partial charge < -0.3 is 33.2 Å². The average Bonchev–Trinajstić information content (AvgIpc) is 3.58. The molecule has 0 bridgehead atoms. The first-order chi connectivity index (χ1) is 18.5. The number of nitrogens with zero attached hydrogens (tertiary/aromatic N) is 1. The quantitative estimate of drug-likeness (QED) is 0.354. The molecule has 3 aromatic rings. The summed E-state index contributed by atoms with van der Waals surface area (Å²) in [5, 5.41) is 0. The zero-order valence-corrected chi connectivity index (χ0v) is 21.0. The lowest BCUT2D eigenvalue weighted by atomic mass is 9.67. The molecule has 0 radical (unpaired) electrons. The monoisotopic (exact) mass is 519 g/mol. The Kier molecular flexibility index (Phi) is 5.94. The summed E-state index contributed by atoms with van der Waals surface area (Å²) in [5.74, 6) is 0.541. The van der Waals surface area contributed by atoms with Gasteiger partial charge in [0.05, 0.1) is 39.4 Å². The maximum Gasteiger partial charge on any atom is 0.343 e. The number of hydrogen-bond donors (Lipinski definition) is 0. The number of hydrogen-bond acceptors (Lipinski definition) is 10. The smallest absolute Gasteiger partial charge is 0.343 e. The van der Waals surface area contributed by atoms with Crippen molar-refractivity contribution in [3.63, 3.8) is 0 Å². The lowest BCUT2D eigenvalue weighted by Gasteiger charge is -2.34. The van der Waals surface area contributed by atoms with Crippen molar-refractivity contribution >= 4 is 11.9 Å². The van der Waals surface area contributed by atoms with Crippen LogP contribution >= 0.6 is 0 Å². The van der Waals surface area contributed by atoms with Crippen molar-refractivity contribution in [2.24, 2.45) is 11.8 Å². The summed E-state index contributed by atoms with van der Waals surface area (Å²) in [6, 6.07) is 8.67. The van der Waals surface area contributed by atoms with Crippen LogP contribution < -0.4 is 28.4 Å². The van der Waals surface area contributed by atoms with Crippen LogP contribution in [0.25, 0.3) is 0 Å². The van der Waals surface area contributed by atoms with E-state index in [1.807, 2.05) is 18.2 Å². The maximum atomic E-state index is 13.1. The topological polar surface area (TPSA) is 112 Å². The van der Waals surface area contributed by atoms with E-state index in [9.17, 15) is 9.59 Å². The van der Waals surface area contributed by atoms with Gasteiger partial charge in [-0.2, -0.15) is 0 Å². The third kappa shape index (κ3) is 3.75. The number of carbonyl (C=O) groups is 2. The van der Waals surface area contributed by atoms with E-state index in [-0.39, 0.29) is 31.0 Å². The Balaban J connectivity index is 1.54. The summed E-state index contributed by atoms with van der Waals surface area (Å²) in [4.78, 5) is 30.1. The lowest BCUT2D eigenvalue weighted by Crippen LogP contribution is -2.32. The normalized spacial score (nSPS) is 20.7. The van der Waals surface area contributed by atoms with Crippen LogP contribution in [0.5, 0.6) is 34.5 Å². The molecule has 3 heterocycles. The Morgan fingerprint density at radius 3 is 2.37 bits per heavy atom. The van der Waals surface area contributed by atoms with Gasteiger partial charge >= 0.3 is 11.9 Å². The molecular weight excluding hydrogens is 494 g/mol. The second kappa shape index (κ2) is 9.44. The molecule has 6 rings (SSSR count). The second-order valence-electron chi connectivity index (χ2n) is 9.19. The van der Waals surface area contributed by atoms with Crippen molar-refractivity contribution in [1.82, 2.24) is 4.98 Å². The number of rotatable bonds is 6. The van der Waals surface area contributed by atoms with Crippen LogP contribution in [0.1, 0.15) is 33.0 Å². The molecule has 196 valence electrons. The molecule has 3 atom stereocenters. The van der Waals surface area contributed by atoms with Gasteiger partial charge in [-0.1, -0.05) is 0 Å². The number of carbonyl (C=O) groups excluding carboxylic acids is 2. The Hall–Kier alpha value is -4.47. The van der Waals surface area contributed by atoms with Gasteiger partial charge in [0.1, 0.15) is 0 Å². The highest BCUT2D eigenvalue weighted by Crippen LogP contribution is 2.56. The fraction of sp³-hybridized carbons (Fsp3) is 0.321. The van der Waals surface area contributed by atoms with Gasteiger partial charge in [-0.15, -0.1) is 0 Å². The Morgan fingerprint density at radius 1 is 0.947 bits per heavy atom. The number of fused-ring (bicyclic) bond motifs is 3. The molecule has 10 nitrogen and oxygen atoms in total. The van der Waals surface area contributed by atoms with Crippen LogP contribution in [0.15, 0.2) is 42.7 Å². The molecular formula is C28H25NO9. The molecule has 1 aromatic heterocycles. The fourth-order valence-electron chi connectivity index (χ4n) is 5.60. The van der Waals surface area contributed by atoms with Crippen molar-refractivity contribution in [3.8, 4) is 34.5 Å². The van der Waals surface area contributed by atoms with E-state index >= 15 is 0 Å². The molecule has 38 heavy (non-hydrogen) atoms. The third-order valence-corrected chi connectivity index (χ3v) is 7.29. The van der Waals surface area contributed by atoms with Gasteiger partial charge in [-0.3, -0.25) is 9.78 Å².